The van der Waals surface area contributed by atoms with Gasteiger partial charge in [0.25, 0.3) is 5.69 Å². The monoisotopic (exact) mass is 296 g/mol. The number of azo groups is 1. The Morgan fingerprint density at radius 2 is 1.36 bits per heavy atom. The molecule has 1 aliphatic heterocycles. The standard InChI is InChI=1S/C16H16N4O2/c21-20(22)16-9-5-14(6-10-16)18-17-13-3-7-15(8-4-13)19-11-1-2-12-19/h3-10H,1-2,11-12H2. The first-order valence-corrected chi connectivity index (χ1v) is 7.23. The van der Waals surface area contributed by atoms with Crippen LogP contribution in [0.25, 0.3) is 0 Å². The fourth-order valence-electron chi connectivity index (χ4n) is 2.46. The van der Waals surface area contributed by atoms with Crippen LogP contribution in [0, 0.1) is 10.1 Å². The Labute approximate surface area is 128 Å². The molecule has 0 radical (unpaired) electrons. The van der Waals surface area contributed by atoms with Gasteiger partial charge in [-0.3, -0.25) is 10.1 Å². The number of anilines is 1. The highest BCUT2D eigenvalue weighted by molar-refractivity contribution is 5.53. The lowest BCUT2D eigenvalue weighted by Gasteiger charge is -2.17. The van der Waals surface area contributed by atoms with Crippen LogP contribution in [0.4, 0.5) is 22.7 Å². The Morgan fingerprint density at radius 3 is 1.86 bits per heavy atom. The highest BCUT2D eigenvalue weighted by Crippen LogP contribution is 2.25. The first-order valence-electron chi connectivity index (χ1n) is 7.23. The fraction of sp³-hybridized carbons (Fsp3) is 0.250. The summed E-state index contributed by atoms with van der Waals surface area (Å²) in [5, 5.41) is 18.8. The van der Waals surface area contributed by atoms with E-state index in [9.17, 15) is 10.1 Å². The zero-order valence-electron chi connectivity index (χ0n) is 12.1. The Hall–Kier alpha value is -2.76. The zero-order valence-corrected chi connectivity index (χ0v) is 12.1. The van der Waals surface area contributed by atoms with Crippen molar-refractivity contribution in [2.24, 2.45) is 10.2 Å². The van der Waals surface area contributed by atoms with Crippen molar-refractivity contribution < 1.29 is 4.92 Å². The molecule has 0 bridgehead atoms. The van der Waals surface area contributed by atoms with Crippen LogP contribution in [-0.4, -0.2) is 18.0 Å². The second kappa shape index (κ2) is 6.34. The van der Waals surface area contributed by atoms with Gasteiger partial charge in [-0.15, -0.1) is 0 Å². The van der Waals surface area contributed by atoms with Gasteiger partial charge in [-0.05, 0) is 49.2 Å². The maximum atomic E-state index is 10.6. The van der Waals surface area contributed by atoms with Crippen molar-refractivity contribution in [1.29, 1.82) is 0 Å². The molecule has 3 rings (SSSR count). The molecule has 112 valence electrons. The minimum absolute atomic E-state index is 0.0499. The zero-order chi connectivity index (χ0) is 15.4. The van der Waals surface area contributed by atoms with Crippen molar-refractivity contribution in [1.82, 2.24) is 0 Å². The summed E-state index contributed by atoms with van der Waals surface area (Å²) in [7, 11) is 0. The third-order valence-electron chi connectivity index (χ3n) is 3.66. The number of nitro benzene ring substituents is 1. The van der Waals surface area contributed by atoms with Gasteiger partial charge >= 0.3 is 0 Å². The second-order valence-electron chi connectivity index (χ2n) is 5.18. The topological polar surface area (TPSA) is 71.1 Å². The average molecular weight is 296 g/mol. The second-order valence-corrected chi connectivity index (χ2v) is 5.18. The van der Waals surface area contributed by atoms with Crippen LogP contribution >= 0.6 is 0 Å². The van der Waals surface area contributed by atoms with E-state index in [0.717, 1.165) is 18.8 Å². The van der Waals surface area contributed by atoms with E-state index in [2.05, 4.69) is 27.3 Å². The minimum Gasteiger partial charge on any atom is -0.372 e. The molecule has 0 amide bonds. The maximum absolute atomic E-state index is 10.6. The van der Waals surface area contributed by atoms with Gasteiger partial charge in [0.2, 0.25) is 0 Å². The predicted molar refractivity (Wildman–Crippen MR) is 85.2 cm³/mol. The Kier molecular flexibility index (Phi) is 4.09. The van der Waals surface area contributed by atoms with Crippen LogP contribution in [0.1, 0.15) is 12.8 Å². The molecule has 0 atom stereocenters. The number of nitro groups is 1. The number of hydrogen-bond donors (Lipinski definition) is 0. The molecule has 1 aliphatic rings. The summed E-state index contributed by atoms with van der Waals surface area (Å²) in [6.07, 6.45) is 2.50. The molecule has 0 saturated carbocycles. The number of nitrogens with zero attached hydrogens (tertiary/aromatic N) is 4. The lowest BCUT2D eigenvalue weighted by molar-refractivity contribution is -0.384. The lowest BCUT2D eigenvalue weighted by Crippen LogP contribution is -2.17. The van der Waals surface area contributed by atoms with E-state index in [1.54, 1.807) is 12.1 Å². The van der Waals surface area contributed by atoms with Crippen molar-refractivity contribution in [2.75, 3.05) is 18.0 Å². The minimum atomic E-state index is -0.433. The summed E-state index contributed by atoms with van der Waals surface area (Å²) < 4.78 is 0. The molecule has 1 fully saturated rings. The number of rotatable bonds is 4. The van der Waals surface area contributed by atoms with E-state index >= 15 is 0 Å². The summed E-state index contributed by atoms with van der Waals surface area (Å²) in [4.78, 5) is 12.5. The lowest BCUT2D eigenvalue weighted by atomic mass is 10.2. The van der Waals surface area contributed by atoms with Crippen LogP contribution in [0.15, 0.2) is 58.8 Å². The number of non-ortho nitro benzene ring substituents is 1. The molecule has 2 aromatic carbocycles. The van der Waals surface area contributed by atoms with E-state index in [-0.39, 0.29) is 5.69 Å². The van der Waals surface area contributed by atoms with Gasteiger partial charge in [0.15, 0.2) is 0 Å². The van der Waals surface area contributed by atoms with Gasteiger partial charge in [0.05, 0.1) is 16.3 Å². The molecule has 0 unspecified atom stereocenters. The predicted octanol–water partition coefficient (Wildman–Crippen LogP) is 4.61. The van der Waals surface area contributed by atoms with Crippen LogP contribution in [0.5, 0.6) is 0 Å². The third-order valence-corrected chi connectivity index (χ3v) is 3.66. The summed E-state index contributed by atoms with van der Waals surface area (Å²) in [5.41, 5.74) is 2.62. The smallest absolute Gasteiger partial charge is 0.269 e. The Bertz CT molecular complexity index is 674. The Morgan fingerprint density at radius 1 is 0.864 bits per heavy atom. The quantitative estimate of drug-likeness (QED) is 0.470. The molecule has 2 aromatic rings. The van der Waals surface area contributed by atoms with E-state index in [1.165, 1.54) is 30.7 Å². The normalized spacial score (nSPS) is 14.6. The molecular weight excluding hydrogens is 280 g/mol. The molecular formula is C16H16N4O2. The fourth-order valence-corrected chi connectivity index (χ4v) is 2.46. The van der Waals surface area contributed by atoms with Crippen molar-refractivity contribution in [3.8, 4) is 0 Å². The third kappa shape index (κ3) is 3.28. The summed E-state index contributed by atoms with van der Waals surface area (Å²) in [6.45, 7) is 2.23. The van der Waals surface area contributed by atoms with Gasteiger partial charge in [0.1, 0.15) is 0 Å². The van der Waals surface area contributed by atoms with Gasteiger partial charge in [-0.25, -0.2) is 0 Å². The SMILES string of the molecule is O=[N+]([O-])c1ccc(N=Nc2ccc(N3CCCC3)cc2)cc1. The first-order chi connectivity index (χ1) is 10.7. The largest absolute Gasteiger partial charge is 0.372 e. The highest BCUT2D eigenvalue weighted by Gasteiger charge is 2.11. The van der Waals surface area contributed by atoms with E-state index < -0.39 is 4.92 Å². The van der Waals surface area contributed by atoms with E-state index in [4.69, 9.17) is 0 Å². The van der Waals surface area contributed by atoms with Crippen LogP contribution in [0.2, 0.25) is 0 Å². The molecule has 0 aliphatic carbocycles. The molecule has 0 aromatic heterocycles. The Balaban J connectivity index is 1.68. The molecule has 1 saturated heterocycles. The molecule has 22 heavy (non-hydrogen) atoms. The summed E-state index contributed by atoms with van der Waals surface area (Å²) in [6, 6.07) is 14.0. The van der Waals surface area contributed by atoms with Gasteiger partial charge < -0.3 is 4.90 Å². The van der Waals surface area contributed by atoms with E-state index in [0.29, 0.717) is 5.69 Å². The summed E-state index contributed by atoms with van der Waals surface area (Å²) >= 11 is 0. The molecule has 0 spiro atoms. The van der Waals surface area contributed by atoms with Gasteiger partial charge in [-0.1, -0.05) is 0 Å². The highest BCUT2D eigenvalue weighted by atomic mass is 16.6. The van der Waals surface area contributed by atoms with Gasteiger partial charge in [0, 0.05) is 30.9 Å². The maximum Gasteiger partial charge on any atom is 0.269 e. The molecule has 1 heterocycles. The van der Waals surface area contributed by atoms with Crippen LogP contribution < -0.4 is 4.90 Å². The van der Waals surface area contributed by atoms with Gasteiger partial charge in [-0.2, -0.15) is 10.2 Å². The molecule has 6 nitrogen and oxygen atoms in total. The number of benzene rings is 2. The van der Waals surface area contributed by atoms with Crippen molar-refractivity contribution in [3.63, 3.8) is 0 Å². The van der Waals surface area contributed by atoms with Crippen molar-refractivity contribution in [2.45, 2.75) is 12.8 Å². The summed E-state index contributed by atoms with van der Waals surface area (Å²) in [5.74, 6) is 0. The van der Waals surface area contributed by atoms with Crippen LogP contribution in [0.3, 0.4) is 0 Å². The first kappa shape index (κ1) is 14.2. The van der Waals surface area contributed by atoms with E-state index in [1.807, 2.05) is 12.1 Å². The van der Waals surface area contributed by atoms with Crippen molar-refractivity contribution >= 4 is 22.7 Å². The number of hydrogen-bond acceptors (Lipinski definition) is 5. The van der Waals surface area contributed by atoms with Crippen molar-refractivity contribution in [3.05, 3.63) is 58.6 Å². The average Bonchev–Trinajstić information content (AvgIpc) is 3.08. The van der Waals surface area contributed by atoms with Crippen LogP contribution in [-0.2, 0) is 0 Å². The molecule has 0 N–H and O–H groups in total. The molecule has 6 heteroatoms.